The summed E-state index contributed by atoms with van der Waals surface area (Å²) in [5, 5.41) is 14.9. The minimum Gasteiger partial charge on any atom is -0.444 e. The third kappa shape index (κ3) is 5.36. The smallest absolute Gasteiger partial charge is 0.412 e. The number of hydrogen-bond donors (Lipinski definition) is 1. The molecule has 1 aliphatic heterocycles. The van der Waals surface area contributed by atoms with Crippen LogP contribution in [0.2, 0.25) is 18.1 Å². The number of hydrazone groups is 1. The van der Waals surface area contributed by atoms with Crippen molar-refractivity contribution in [2.45, 2.75) is 64.1 Å². The minimum absolute atomic E-state index is 0.00492. The van der Waals surface area contributed by atoms with Gasteiger partial charge in [0.25, 0.3) is 5.69 Å². The second-order valence-corrected chi connectivity index (χ2v) is 13.6. The molecule has 1 aliphatic rings. The molecule has 0 aromatic heterocycles. The quantitative estimate of drug-likeness (QED) is 0.296. The zero-order valence-corrected chi connectivity index (χ0v) is 19.6. The second kappa shape index (κ2) is 9.13. The van der Waals surface area contributed by atoms with Crippen LogP contribution in [0, 0.1) is 10.1 Å². The summed E-state index contributed by atoms with van der Waals surface area (Å²) in [6.07, 6.45) is 2.58. The number of carbonyl (C=O) groups is 1. The number of nitrogens with zero attached hydrogens (tertiary/aromatic N) is 3. The van der Waals surface area contributed by atoms with Gasteiger partial charge in [0.2, 0.25) is 0 Å². The fourth-order valence-electron chi connectivity index (χ4n) is 3.02. The number of amides is 1. The molecule has 1 amide bonds. The number of nitro benzene ring substituents is 1. The van der Waals surface area contributed by atoms with Crippen LogP contribution in [0.5, 0.6) is 0 Å². The molecule has 1 saturated heterocycles. The van der Waals surface area contributed by atoms with Gasteiger partial charge in [0.15, 0.2) is 14.0 Å². The number of hydrogen-bond acceptors (Lipinski definition) is 7. The molecule has 0 radical (unpaired) electrons. The van der Waals surface area contributed by atoms with Gasteiger partial charge in [0, 0.05) is 32.1 Å². The molecule has 1 aromatic rings. The lowest BCUT2D eigenvalue weighted by Crippen LogP contribution is -2.58. The van der Waals surface area contributed by atoms with Crippen molar-refractivity contribution in [3.05, 3.63) is 39.9 Å². The van der Waals surface area contributed by atoms with Crippen LogP contribution in [0.4, 0.5) is 10.5 Å². The van der Waals surface area contributed by atoms with E-state index in [1.807, 2.05) is 0 Å². The van der Waals surface area contributed by atoms with Gasteiger partial charge in [-0.25, -0.2) is 4.79 Å². The Balaban J connectivity index is 2.18. The van der Waals surface area contributed by atoms with E-state index < -0.39 is 25.1 Å². The maximum Gasteiger partial charge on any atom is 0.412 e. The molecule has 0 spiro atoms. The van der Waals surface area contributed by atoms with Crippen LogP contribution in [-0.4, -0.2) is 49.8 Å². The number of nitro groups is 1. The summed E-state index contributed by atoms with van der Waals surface area (Å²) in [6.45, 7) is 11.2. The normalized spacial score (nSPS) is 19.9. The number of non-ortho nitro benzene ring substituents is 1. The van der Waals surface area contributed by atoms with E-state index in [1.165, 1.54) is 12.1 Å². The molecular formula is C20H32N4O5Si. The van der Waals surface area contributed by atoms with E-state index in [0.29, 0.717) is 18.5 Å². The average Bonchev–Trinajstić information content (AvgIpc) is 3.07. The van der Waals surface area contributed by atoms with Crippen molar-refractivity contribution in [1.29, 1.82) is 0 Å². The molecular weight excluding hydrogens is 404 g/mol. The third-order valence-electron chi connectivity index (χ3n) is 5.74. The summed E-state index contributed by atoms with van der Waals surface area (Å²) in [4.78, 5) is 24.9. The fourth-order valence-corrected chi connectivity index (χ4v) is 4.48. The first-order valence-electron chi connectivity index (χ1n) is 10.0. The predicted molar refractivity (Wildman–Crippen MR) is 118 cm³/mol. The van der Waals surface area contributed by atoms with Gasteiger partial charge in [-0.05, 0) is 42.2 Å². The lowest BCUT2D eigenvalue weighted by atomic mass is 10.2. The van der Waals surface area contributed by atoms with Crippen molar-refractivity contribution in [3.8, 4) is 0 Å². The van der Waals surface area contributed by atoms with E-state index in [-0.39, 0.29) is 17.3 Å². The highest BCUT2D eigenvalue weighted by Crippen LogP contribution is 2.42. The number of benzene rings is 1. The first-order chi connectivity index (χ1) is 13.9. The highest BCUT2D eigenvalue weighted by Gasteiger charge is 2.51. The lowest BCUT2D eigenvalue weighted by Gasteiger charge is -2.45. The number of carbonyl (C=O) groups excluding carboxylic acids is 1. The zero-order valence-electron chi connectivity index (χ0n) is 18.6. The molecule has 1 aromatic carbocycles. The van der Waals surface area contributed by atoms with Gasteiger partial charge < -0.3 is 14.6 Å². The summed E-state index contributed by atoms with van der Waals surface area (Å²) < 4.78 is 12.2. The third-order valence-corrected chi connectivity index (χ3v) is 10.2. The van der Waals surface area contributed by atoms with Crippen LogP contribution in [0.3, 0.4) is 0 Å². The van der Waals surface area contributed by atoms with Gasteiger partial charge in [-0.15, -0.1) is 0 Å². The van der Waals surface area contributed by atoms with Crippen molar-refractivity contribution in [2.75, 3.05) is 13.6 Å². The molecule has 0 bridgehead atoms. The Morgan fingerprint density at radius 3 is 2.53 bits per heavy atom. The summed E-state index contributed by atoms with van der Waals surface area (Å²) in [5.74, 6) is 0. The lowest BCUT2D eigenvalue weighted by molar-refractivity contribution is -0.384. The largest absolute Gasteiger partial charge is 0.444 e. The van der Waals surface area contributed by atoms with Crippen molar-refractivity contribution < 1.29 is 18.9 Å². The Bertz CT molecular complexity index is 791. The maximum atomic E-state index is 13.0. The van der Waals surface area contributed by atoms with E-state index in [4.69, 9.17) is 9.16 Å². The van der Waals surface area contributed by atoms with Gasteiger partial charge in [0.1, 0.15) is 6.61 Å². The van der Waals surface area contributed by atoms with Crippen LogP contribution in [-0.2, 0) is 15.8 Å². The molecule has 166 valence electrons. The van der Waals surface area contributed by atoms with Crippen molar-refractivity contribution in [1.82, 2.24) is 10.3 Å². The Morgan fingerprint density at radius 2 is 2.00 bits per heavy atom. The Hall–Kier alpha value is -2.46. The van der Waals surface area contributed by atoms with Crippen molar-refractivity contribution >= 4 is 26.3 Å². The number of rotatable bonds is 7. The standard InChI is InChI=1S/C20H32N4O5Si/c1-19(2,3)30(5,6)29-20(15-22-21-4)12-7-13-23(20)18(25)28-14-16-8-10-17(11-9-16)24(26)27/h8-11,15,21H,7,12-14H2,1-6H3/t20-/m0/s1. The summed E-state index contributed by atoms with van der Waals surface area (Å²) >= 11 is 0. The molecule has 2 rings (SSSR count). The minimum atomic E-state index is -2.22. The molecule has 0 unspecified atom stereocenters. The van der Waals surface area contributed by atoms with Crippen molar-refractivity contribution in [2.24, 2.45) is 5.10 Å². The monoisotopic (exact) mass is 436 g/mol. The maximum absolute atomic E-state index is 13.0. The first kappa shape index (κ1) is 23.8. The highest BCUT2D eigenvalue weighted by molar-refractivity contribution is 6.74. The molecule has 1 atom stereocenters. The topological polar surface area (TPSA) is 106 Å². The van der Waals surface area contributed by atoms with E-state index in [1.54, 1.807) is 30.3 Å². The molecule has 30 heavy (non-hydrogen) atoms. The molecule has 9 nitrogen and oxygen atoms in total. The van der Waals surface area contributed by atoms with Crippen LogP contribution in [0.25, 0.3) is 0 Å². The van der Waals surface area contributed by atoms with E-state index >= 15 is 0 Å². The summed E-state index contributed by atoms with van der Waals surface area (Å²) in [6, 6.07) is 5.95. The molecule has 10 heteroatoms. The fraction of sp³-hybridized carbons (Fsp3) is 0.600. The zero-order chi connectivity index (χ0) is 22.6. The van der Waals surface area contributed by atoms with Gasteiger partial charge in [-0.1, -0.05) is 20.8 Å². The summed E-state index contributed by atoms with van der Waals surface area (Å²) in [7, 11) is -0.519. The molecule has 0 saturated carbocycles. The van der Waals surface area contributed by atoms with Crippen LogP contribution >= 0.6 is 0 Å². The number of ether oxygens (including phenoxy) is 1. The Labute approximate surface area is 178 Å². The van der Waals surface area contributed by atoms with Crippen LogP contribution < -0.4 is 5.43 Å². The van der Waals surface area contributed by atoms with E-state index in [9.17, 15) is 14.9 Å². The summed E-state index contributed by atoms with van der Waals surface area (Å²) in [5.41, 5.74) is 2.46. The Kier molecular flexibility index (Phi) is 7.25. The Morgan fingerprint density at radius 1 is 1.37 bits per heavy atom. The number of likely N-dealkylation sites (tertiary alicyclic amines) is 1. The van der Waals surface area contributed by atoms with Crippen LogP contribution in [0.15, 0.2) is 29.4 Å². The van der Waals surface area contributed by atoms with E-state index in [0.717, 1.165) is 6.42 Å². The second-order valence-electron chi connectivity index (χ2n) is 8.92. The molecule has 1 fully saturated rings. The van der Waals surface area contributed by atoms with E-state index in [2.05, 4.69) is 44.4 Å². The molecule has 1 N–H and O–H groups in total. The molecule has 1 heterocycles. The SMILES string of the molecule is CNN=C[C@@]1(O[Si](C)(C)C(C)(C)C)CCCN1C(=O)OCc1ccc([N+](=O)[O-])cc1. The average molecular weight is 437 g/mol. The van der Waals surface area contributed by atoms with Gasteiger partial charge >= 0.3 is 6.09 Å². The predicted octanol–water partition coefficient (Wildman–Crippen LogP) is 4.25. The first-order valence-corrected chi connectivity index (χ1v) is 12.9. The van der Waals surface area contributed by atoms with Gasteiger partial charge in [0.05, 0.1) is 11.1 Å². The van der Waals surface area contributed by atoms with Crippen LogP contribution in [0.1, 0.15) is 39.2 Å². The highest BCUT2D eigenvalue weighted by atomic mass is 28.4. The number of nitrogens with one attached hydrogen (secondary N) is 1. The molecule has 0 aliphatic carbocycles. The van der Waals surface area contributed by atoms with Gasteiger partial charge in [-0.3, -0.25) is 15.0 Å². The van der Waals surface area contributed by atoms with Crippen molar-refractivity contribution in [3.63, 3.8) is 0 Å². The van der Waals surface area contributed by atoms with Gasteiger partial charge in [-0.2, -0.15) is 5.10 Å².